The van der Waals surface area contributed by atoms with Crippen molar-refractivity contribution < 1.29 is 9.53 Å². The van der Waals surface area contributed by atoms with E-state index in [0.717, 1.165) is 16.8 Å². The largest absolute Gasteiger partial charge is 0.487 e. The van der Waals surface area contributed by atoms with Crippen LogP contribution < -0.4 is 10.1 Å². The Balaban J connectivity index is 1.49. The lowest BCUT2D eigenvalue weighted by atomic mass is 10.1. The highest BCUT2D eigenvalue weighted by Gasteiger charge is 2.17. The zero-order valence-corrected chi connectivity index (χ0v) is 21.9. The second-order valence-electron chi connectivity index (χ2n) is 7.90. The molecule has 0 radical (unpaired) electrons. The van der Waals surface area contributed by atoms with E-state index in [1.54, 1.807) is 59.3 Å². The molecule has 1 heterocycles. The van der Waals surface area contributed by atoms with Gasteiger partial charge in [0.05, 0.1) is 28.6 Å². The average molecular weight is 549 g/mol. The lowest BCUT2D eigenvalue weighted by molar-refractivity contribution is 0.102. The highest BCUT2D eigenvalue weighted by molar-refractivity contribution is 6.42. The van der Waals surface area contributed by atoms with Crippen molar-refractivity contribution in [1.82, 2.24) is 9.78 Å². The fraction of sp³-hybridized carbons (Fsp3) is 0.154. The Morgan fingerprint density at radius 1 is 0.943 bits per heavy atom. The summed E-state index contributed by atoms with van der Waals surface area (Å²) < 4.78 is 7.57. The van der Waals surface area contributed by atoms with Gasteiger partial charge < -0.3 is 10.1 Å². The van der Waals surface area contributed by atoms with Crippen LogP contribution in [0.4, 0.5) is 5.69 Å². The molecule has 0 spiro atoms. The number of halogens is 4. The van der Waals surface area contributed by atoms with Gasteiger partial charge >= 0.3 is 0 Å². The molecule has 0 aliphatic carbocycles. The van der Waals surface area contributed by atoms with Gasteiger partial charge in [-0.05, 0) is 55.8 Å². The van der Waals surface area contributed by atoms with Crippen LogP contribution >= 0.6 is 46.4 Å². The van der Waals surface area contributed by atoms with Gasteiger partial charge in [-0.25, -0.2) is 0 Å². The van der Waals surface area contributed by atoms with Crippen LogP contribution in [0.25, 0.3) is 0 Å². The Labute approximate surface area is 223 Å². The van der Waals surface area contributed by atoms with Crippen molar-refractivity contribution in [3.63, 3.8) is 0 Å². The molecule has 1 aromatic heterocycles. The predicted octanol–water partition coefficient (Wildman–Crippen LogP) is 7.99. The average Bonchev–Trinajstić information content (AvgIpc) is 3.10. The number of carbonyl (C=O) groups excluding carboxylic acids is 1. The van der Waals surface area contributed by atoms with Gasteiger partial charge in [-0.1, -0.05) is 70.7 Å². The minimum Gasteiger partial charge on any atom is -0.487 e. The molecule has 0 saturated heterocycles. The maximum atomic E-state index is 13.0. The topological polar surface area (TPSA) is 56.2 Å². The normalized spacial score (nSPS) is 10.9. The number of nitrogens with zero attached hydrogens (tertiary/aromatic N) is 2. The van der Waals surface area contributed by atoms with Crippen molar-refractivity contribution in [1.29, 1.82) is 0 Å². The summed E-state index contributed by atoms with van der Waals surface area (Å²) >= 11 is 24.9. The fourth-order valence-corrected chi connectivity index (χ4v) is 4.47. The van der Waals surface area contributed by atoms with Crippen molar-refractivity contribution in [2.24, 2.45) is 0 Å². The molecule has 1 N–H and O–H groups in total. The number of rotatable bonds is 7. The standard InChI is InChI=1S/C26H21Cl4N3O2/c1-15-25(16(2)33(32-15)13-19-20(27)8-4-9-21(19)28)31-26(34)18-7-3-6-17(12-18)14-35-23-11-5-10-22(29)24(23)30/h3-12H,13-14H2,1-2H3,(H,31,34). The van der Waals surface area contributed by atoms with Crippen LogP contribution in [0.3, 0.4) is 0 Å². The van der Waals surface area contributed by atoms with E-state index < -0.39 is 0 Å². The zero-order chi connectivity index (χ0) is 25.1. The number of aryl methyl sites for hydroxylation is 1. The summed E-state index contributed by atoms with van der Waals surface area (Å²) in [6.45, 7) is 4.35. The molecular formula is C26H21Cl4N3O2. The second kappa shape index (κ2) is 10.9. The first-order chi connectivity index (χ1) is 16.7. The Hall–Kier alpha value is -2.70. The van der Waals surface area contributed by atoms with Crippen LogP contribution in [0.5, 0.6) is 5.75 Å². The van der Waals surface area contributed by atoms with Crippen LogP contribution in [-0.2, 0) is 13.2 Å². The number of aromatic nitrogens is 2. The van der Waals surface area contributed by atoms with E-state index in [4.69, 9.17) is 51.1 Å². The highest BCUT2D eigenvalue weighted by Crippen LogP contribution is 2.32. The molecule has 0 bridgehead atoms. The van der Waals surface area contributed by atoms with Gasteiger partial charge in [-0.3, -0.25) is 9.48 Å². The third-order valence-corrected chi connectivity index (χ3v) is 7.00. The maximum Gasteiger partial charge on any atom is 0.255 e. The van der Waals surface area contributed by atoms with Crippen LogP contribution in [0.15, 0.2) is 60.7 Å². The molecule has 5 nitrogen and oxygen atoms in total. The predicted molar refractivity (Wildman–Crippen MR) is 142 cm³/mol. The summed E-state index contributed by atoms with van der Waals surface area (Å²) in [6.07, 6.45) is 0. The molecule has 0 unspecified atom stereocenters. The Kier molecular flexibility index (Phi) is 7.92. The third-order valence-electron chi connectivity index (χ3n) is 5.49. The van der Waals surface area contributed by atoms with Gasteiger partial charge in [-0.15, -0.1) is 0 Å². The van der Waals surface area contributed by atoms with Gasteiger partial charge in [0.25, 0.3) is 5.91 Å². The lowest BCUT2D eigenvalue weighted by Gasteiger charge is -2.11. The highest BCUT2D eigenvalue weighted by atomic mass is 35.5. The minimum atomic E-state index is -0.255. The minimum absolute atomic E-state index is 0.232. The van der Waals surface area contributed by atoms with E-state index in [1.165, 1.54) is 0 Å². The summed E-state index contributed by atoms with van der Waals surface area (Å²) in [7, 11) is 0. The molecule has 4 aromatic rings. The van der Waals surface area contributed by atoms with E-state index in [-0.39, 0.29) is 12.5 Å². The molecule has 3 aromatic carbocycles. The Morgan fingerprint density at radius 2 is 1.60 bits per heavy atom. The number of amides is 1. The first-order valence-electron chi connectivity index (χ1n) is 10.7. The van der Waals surface area contributed by atoms with E-state index >= 15 is 0 Å². The number of ether oxygens (including phenoxy) is 1. The molecule has 1 amide bonds. The van der Waals surface area contributed by atoms with E-state index in [2.05, 4.69) is 10.4 Å². The van der Waals surface area contributed by atoms with Gasteiger partial charge in [0, 0.05) is 21.2 Å². The number of anilines is 1. The Bertz CT molecular complexity index is 1380. The lowest BCUT2D eigenvalue weighted by Crippen LogP contribution is -2.14. The number of hydrogen-bond donors (Lipinski definition) is 1. The fourth-order valence-electron chi connectivity index (χ4n) is 3.61. The zero-order valence-electron chi connectivity index (χ0n) is 18.9. The van der Waals surface area contributed by atoms with Crippen LogP contribution in [0, 0.1) is 13.8 Å². The van der Waals surface area contributed by atoms with Gasteiger partial charge in [0.2, 0.25) is 0 Å². The van der Waals surface area contributed by atoms with Gasteiger partial charge in [0.1, 0.15) is 17.4 Å². The van der Waals surface area contributed by atoms with Crippen molar-refractivity contribution in [3.05, 3.63) is 109 Å². The van der Waals surface area contributed by atoms with Crippen molar-refractivity contribution in [2.45, 2.75) is 27.0 Å². The monoisotopic (exact) mass is 547 g/mol. The molecule has 0 aliphatic heterocycles. The second-order valence-corrected chi connectivity index (χ2v) is 9.50. The molecule has 0 aliphatic rings. The van der Waals surface area contributed by atoms with Crippen molar-refractivity contribution in [2.75, 3.05) is 5.32 Å². The SMILES string of the molecule is Cc1nn(Cc2c(Cl)cccc2Cl)c(C)c1NC(=O)c1cccc(COc2cccc(Cl)c2Cl)c1. The number of hydrogen-bond acceptors (Lipinski definition) is 3. The molecule has 180 valence electrons. The molecule has 0 fully saturated rings. The first kappa shape index (κ1) is 25.4. The van der Waals surface area contributed by atoms with Gasteiger partial charge in [0.15, 0.2) is 0 Å². The van der Waals surface area contributed by atoms with Crippen molar-refractivity contribution >= 4 is 58.0 Å². The first-order valence-corrected chi connectivity index (χ1v) is 12.2. The van der Waals surface area contributed by atoms with Crippen LogP contribution in [-0.4, -0.2) is 15.7 Å². The van der Waals surface area contributed by atoms with E-state index in [9.17, 15) is 4.79 Å². The number of carbonyl (C=O) groups is 1. The summed E-state index contributed by atoms with van der Waals surface area (Å²) in [4.78, 5) is 13.0. The van der Waals surface area contributed by atoms with E-state index in [1.807, 2.05) is 19.9 Å². The summed E-state index contributed by atoms with van der Waals surface area (Å²) in [5.74, 6) is 0.223. The summed E-state index contributed by atoms with van der Waals surface area (Å²) in [5.41, 5.74) is 4.20. The molecule has 0 atom stereocenters. The quantitative estimate of drug-likeness (QED) is 0.254. The maximum absolute atomic E-state index is 13.0. The summed E-state index contributed by atoms with van der Waals surface area (Å²) in [5, 5.41) is 9.45. The molecular weight excluding hydrogens is 528 g/mol. The third kappa shape index (κ3) is 5.76. The molecule has 0 saturated carbocycles. The van der Waals surface area contributed by atoms with Gasteiger partial charge in [-0.2, -0.15) is 5.10 Å². The molecule has 9 heteroatoms. The van der Waals surface area contributed by atoms with E-state index in [0.29, 0.717) is 49.3 Å². The Morgan fingerprint density at radius 3 is 2.34 bits per heavy atom. The molecule has 35 heavy (non-hydrogen) atoms. The van der Waals surface area contributed by atoms with Crippen LogP contribution in [0.1, 0.15) is 32.9 Å². The molecule has 4 rings (SSSR count). The number of benzene rings is 3. The smallest absolute Gasteiger partial charge is 0.255 e. The van der Waals surface area contributed by atoms with Crippen molar-refractivity contribution in [3.8, 4) is 5.75 Å². The number of nitrogens with one attached hydrogen (secondary N) is 1. The summed E-state index contributed by atoms with van der Waals surface area (Å²) in [6, 6.07) is 17.7. The van der Waals surface area contributed by atoms with Crippen LogP contribution in [0.2, 0.25) is 20.1 Å².